The van der Waals surface area contributed by atoms with Crippen LogP contribution in [0.25, 0.3) is 0 Å². The van der Waals surface area contributed by atoms with Crippen LogP contribution in [0.2, 0.25) is 0 Å². The van der Waals surface area contributed by atoms with Crippen molar-refractivity contribution in [2.75, 3.05) is 0 Å². The van der Waals surface area contributed by atoms with Gasteiger partial charge in [-0.25, -0.2) is 0 Å². The standard InChI is InChI=1S/C8H15I/c1-7-3-2-4-8(9)6-5-7/h7-8H,2-6H2,1H3. The van der Waals surface area contributed by atoms with Crippen LogP contribution in [0.4, 0.5) is 0 Å². The summed E-state index contributed by atoms with van der Waals surface area (Å²) in [7, 11) is 0. The molecule has 0 radical (unpaired) electrons. The summed E-state index contributed by atoms with van der Waals surface area (Å²) in [6.45, 7) is 2.38. The first-order valence-corrected chi connectivity index (χ1v) is 5.17. The maximum Gasteiger partial charge on any atom is 0.0110 e. The second-order valence-electron chi connectivity index (χ2n) is 3.21. The zero-order valence-electron chi connectivity index (χ0n) is 6.07. The Morgan fingerprint density at radius 3 is 2.67 bits per heavy atom. The highest BCUT2D eigenvalue weighted by atomic mass is 127. The maximum atomic E-state index is 2.59. The van der Waals surface area contributed by atoms with Gasteiger partial charge in [-0.15, -0.1) is 0 Å². The van der Waals surface area contributed by atoms with Crippen molar-refractivity contribution in [3.63, 3.8) is 0 Å². The summed E-state index contributed by atoms with van der Waals surface area (Å²) < 4.78 is 0.979. The molecule has 0 nitrogen and oxygen atoms in total. The number of hydrogen-bond donors (Lipinski definition) is 0. The van der Waals surface area contributed by atoms with Gasteiger partial charge in [-0.3, -0.25) is 0 Å². The molecule has 0 aromatic heterocycles. The molecule has 1 fully saturated rings. The molecule has 0 N–H and O–H groups in total. The molecule has 1 rings (SSSR count). The van der Waals surface area contributed by atoms with E-state index in [1.54, 1.807) is 0 Å². The average molecular weight is 238 g/mol. The molecule has 2 atom stereocenters. The van der Waals surface area contributed by atoms with Crippen molar-refractivity contribution in [1.29, 1.82) is 0 Å². The molecule has 54 valence electrons. The number of rotatable bonds is 0. The van der Waals surface area contributed by atoms with E-state index in [-0.39, 0.29) is 0 Å². The van der Waals surface area contributed by atoms with Crippen molar-refractivity contribution < 1.29 is 0 Å². The van der Waals surface area contributed by atoms with Crippen molar-refractivity contribution in [3.05, 3.63) is 0 Å². The van der Waals surface area contributed by atoms with Gasteiger partial charge in [-0.05, 0) is 25.2 Å². The van der Waals surface area contributed by atoms with E-state index >= 15 is 0 Å². The van der Waals surface area contributed by atoms with Crippen LogP contribution in [0.3, 0.4) is 0 Å². The lowest BCUT2D eigenvalue weighted by atomic mass is 10.0. The first-order chi connectivity index (χ1) is 4.29. The van der Waals surface area contributed by atoms with Crippen molar-refractivity contribution in [1.82, 2.24) is 0 Å². The Morgan fingerprint density at radius 2 is 1.89 bits per heavy atom. The van der Waals surface area contributed by atoms with E-state index in [9.17, 15) is 0 Å². The summed E-state index contributed by atoms with van der Waals surface area (Å²) in [5, 5.41) is 0. The summed E-state index contributed by atoms with van der Waals surface area (Å²) in [6, 6.07) is 0. The Morgan fingerprint density at radius 1 is 1.11 bits per heavy atom. The zero-order chi connectivity index (χ0) is 6.69. The van der Waals surface area contributed by atoms with Crippen LogP contribution in [0.15, 0.2) is 0 Å². The van der Waals surface area contributed by atoms with Crippen molar-refractivity contribution in [3.8, 4) is 0 Å². The average Bonchev–Trinajstić information content (AvgIpc) is 1.97. The molecule has 9 heavy (non-hydrogen) atoms. The fourth-order valence-electron chi connectivity index (χ4n) is 1.44. The van der Waals surface area contributed by atoms with E-state index in [1.165, 1.54) is 32.1 Å². The predicted molar refractivity (Wildman–Crippen MR) is 50.1 cm³/mol. The van der Waals surface area contributed by atoms with E-state index in [1.807, 2.05) is 0 Å². The van der Waals surface area contributed by atoms with Crippen LogP contribution in [-0.4, -0.2) is 3.92 Å². The molecular formula is C8H15I. The summed E-state index contributed by atoms with van der Waals surface area (Å²) >= 11 is 2.59. The normalized spacial score (nSPS) is 38.0. The van der Waals surface area contributed by atoms with E-state index in [0.29, 0.717) is 0 Å². The molecule has 0 spiro atoms. The van der Waals surface area contributed by atoms with Gasteiger partial charge < -0.3 is 0 Å². The van der Waals surface area contributed by atoms with Crippen LogP contribution < -0.4 is 0 Å². The molecule has 0 aromatic rings. The molecule has 0 aliphatic heterocycles. The van der Waals surface area contributed by atoms with Gasteiger partial charge in [0, 0.05) is 3.92 Å². The molecule has 1 aliphatic rings. The Labute approximate surface area is 71.5 Å². The minimum Gasteiger partial charge on any atom is -0.0826 e. The van der Waals surface area contributed by atoms with E-state index in [2.05, 4.69) is 29.5 Å². The highest BCUT2D eigenvalue weighted by Crippen LogP contribution is 2.26. The highest BCUT2D eigenvalue weighted by Gasteiger charge is 2.12. The minimum atomic E-state index is 0.979. The minimum absolute atomic E-state index is 0.979. The third-order valence-electron chi connectivity index (χ3n) is 2.19. The third-order valence-corrected chi connectivity index (χ3v) is 3.43. The summed E-state index contributed by atoms with van der Waals surface area (Å²) in [5.41, 5.74) is 0. The molecule has 0 bridgehead atoms. The summed E-state index contributed by atoms with van der Waals surface area (Å²) in [5.74, 6) is 1.00. The van der Waals surface area contributed by atoms with E-state index in [4.69, 9.17) is 0 Å². The van der Waals surface area contributed by atoms with Crippen molar-refractivity contribution >= 4 is 22.6 Å². The smallest absolute Gasteiger partial charge is 0.0110 e. The van der Waals surface area contributed by atoms with Gasteiger partial charge >= 0.3 is 0 Å². The Kier molecular flexibility index (Phi) is 3.30. The number of halogens is 1. The zero-order valence-corrected chi connectivity index (χ0v) is 8.23. The van der Waals surface area contributed by atoms with Crippen LogP contribution in [0.5, 0.6) is 0 Å². The monoisotopic (exact) mass is 238 g/mol. The molecular weight excluding hydrogens is 223 g/mol. The molecule has 0 heterocycles. The van der Waals surface area contributed by atoms with E-state index in [0.717, 1.165) is 9.84 Å². The second kappa shape index (κ2) is 3.79. The van der Waals surface area contributed by atoms with Gasteiger partial charge in [0.25, 0.3) is 0 Å². The van der Waals surface area contributed by atoms with Crippen LogP contribution in [0.1, 0.15) is 39.0 Å². The quantitative estimate of drug-likeness (QED) is 0.344. The first kappa shape index (κ1) is 7.83. The third kappa shape index (κ3) is 2.87. The molecule has 0 aromatic carbocycles. The van der Waals surface area contributed by atoms with Gasteiger partial charge in [0.2, 0.25) is 0 Å². The highest BCUT2D eigenvalue weighted by molar-refractivity contribution is 14.1. The second-order valence-corrected chi connectivity index (χ2v) is 4.97. The number of hydrogen-bond acceptors (Lipinski definition) is 0. The van der Waals surface area contributed by atoms with Gasteiger partial charge in [0.05, 0.1) is 0 Å². The summed E-state index contributed by atoms with van der Waals surface area (Å²) in [4.78, 5) is 0. The number of alkyl halides is 1. The first-order valence-electron chi connectivity index (χ1n) is 3.93. The molecule has 0 amide bonds. The summed E-state index contributed by atoms with van der Waals surface area (Å²) in [6.07, 6.45) is 7.33. The lowest BCUT2D eigenvalue weighted by molar-refractivity contribution is 0.505. The van der Waals surface area contributed by atoms with Crippen molar-refractivity contribution in [2.45, 2.75) is 43.0 Å². The van der Waals surface area contributed by atoms with Gasteiger partial charge in [0.1, 0.15) is 0 Å². The Hall–Kier alpha value is 0.730. The molecule has 1 aliphatic carbocycles. The predicted octanol–water partition coefficient (Wildman–Crippen LogP) is 3.39. The molecule has 0 saturated heterocycles. The SMILES string of the molecule is CC1CCCC(I)CC1. The van der Waals surface area contributed by atoms with Gasteiger partial charge in [0.15, 0.2) is 0 Å². The van der Waals surface area contributed by atoms with Gasteiger partial charge in [-0.2, -0.15) is 0 Å². The fraction of sp³-hybridized carbons (Fsp3) is 1.00. The molecule has 2 unspecified atom stereocenters. The topological polar surface area (TPSA) is 0 Å². The molecule has 1 heteroatoms. The Balaban J connectivity index is 2.25. The van der Waals surface area contributed by atoms with Crippen LogP contribution in [0, 0.1) is 5.92 Å². The molecule has 1 saturated carbocycles. The fourth-order valence-corrected chi connectivity index (χ4v) is 2.24. The Bertz CT molecular complexity index is 70.6. The largest absolute Gasteiger partial charge is 0.0826 e. The lowest BCUT2D eigenvalue weighted by Gasteiger charge is -2.04. The maximum absolute atomic E-state index is 2.59. The van der Waals surface area contributed by atoms with Gasteiger partial charge in [-0.1, -0.05) is 42.4 Å². The van der Waals surface area contributed by atoms with Crippen LogP contribution >= 0.6 is 22.6 Å². The lowest BCUT2D eigenvalue weighted by Crippen LogP contribution is -1.93. The van der Waals surface area contributed by atoms with E-state index < -0.39 is 0 Å². The van der Waals surface area contributed by atoms with Crippen molar-refractivity contribution in [2.24, 2.45) is 5.92 Å². The van der Waals surface area contributed by atoms with Crippen LogP contribution in [-0.2, 0) is 0 Å².